The summed E-state index contributed by atoms with van der Waals surface area (Å²) in [5, 5.41) is 28.4. The molecule has 0 saturated heterocycles. The molecule has 25 heavy (non-hydrogen) atoms. The van der Waals surface area contributed by atoms with Gasteiger partial charge in [0.25, 0.3) is 0 Å². The van der Waals surface area contributed by atoms with Crippen LogP contribution in [-0.2, 0) is 16.4 Å². The molecule has 0 aromatic heterocycles. The maximum atomic E-state index is 11.4. The van der Waals surface area contributed by atoms with Crippen LogP contribution in [0.2, 0.25) is 0 Å². The number of sulfonamides is 1. The normalized spacial score (nSPS) is 17.3. The number of phenolic OH excluding ortho intramolecular Hbond substituents is 2. The third-order valence-electron chi connectivity index (χ3n) is 4.24. The van der Waals surface area contributed by atoms with Crippen LogP contribution >= 0.6 is 32.9 Å². The average molecular weight is 494 g/mol. The number of primary sulfonamides is 1. The Kier molecular flexibility index (Phi) is 6.16. The van der Waals surface area contributed by atoms with Gasteiger partial charge in [-0.3, -0.25) is 0 Å². The van der Waals surface area contributed by atoms with Gasteiger partial charge in [-0.25, -0.2) is 13.6 Å². The van der Waals surface area contributed by atoms with Gasteiger partial charge >= 0.3 is 0 Å². The number of hydrogen-bond acceptors (Lipinski definition) is 5. The summed E-state index contributed by atoms with van der Waals surface area (Å²) in [4.78, 5) is 0.0581. The van der Waals surface area contributed by atoms with Gasteiger partial charge in [-0.15, -0.1) is 17.0 Å². The van der Waals surface area contributed by atoms with E-state index in [-0.39, 0.29) is 39.3 Å². The zero-order valence-corrected chi connectivity index (χ0v) is 17.2. The number of benzene rings is 2. The minimum Gasteiger partial charge on any atom is -0.504 e. The van der Waals surface area contributed by atoms with Crippen LogP contribution < -0.4 is 10.5 Å². The molecule has 2 aromatic rings. The highest BCUT2D eigenvalue weighted by Gasteiger charge is 2.25. The molecule has 6 nitrogen and oxygen atoms in total. The van der Waals surface area contributed by atoms with Gasteiger partial charge in [0.05, 0.1) is 9.37 Å². The minimum absolute atomic E-state index is 0. The van der Waals surface area contributed by atoms with E-state index in [0.717, 1.165) is 23.2 Å². The van der Waals surface area contributed by atoms with Gasteiger partial charge in [0.2, 0.25) is 10.0 Å². The molecular formula is C16H18Br2N2O4S. The van der Waals surface area contributed by atoms with Crippen molar-refractivity contribution in [2.24, 2.45) is 5.14 Å². The van der Waals surface area contributed by atoms with Crippen molar-refractivity contribution in [2.45, 2.75) is 17.2 Å². The first kappa shape index (κ1) is 20.2. The van der Waals surface area contributed by atoms with Crippen molar-refractivity contribution in [3.05, 3.63) is 51.5 Å². The van der Waals surface area contributed by atoms with E-state index in [4.69, 9.17) is 5.14 Å². The van der Waals surface area contributed by atoms with Crippen molar-refractivity contribution in [2.75, 3.05) is 13.1 Å². The summed E-state index contributed by atoms with van der Waals surface area (Å²) in [7, 11) is -3.73. The van der Waals surface area contributed by atoms with Crippen molar-refractivity contribution in [3.63, 3.8) is 0 Å². The maximum Gasteiger partial charge on any atom is 0.238 e. The zero-order valence-electron chi connectivity index (χ0n) is 13.1. The fourth-order valence-electron chi connectivity index (χ4n) is 3.01. The standard InChI is InChI=1S/C16H17BrN2O4S.BrH/c17-15-11-5-6-19-8-13(12(11)7-14(20)16(15)21)9-1-3-10(4-2-9)24(18,22)23;/h1-4,7,13,19-21H,5-6,8H2,(H2,18,22,23);1H. The summed E-state index contributed by atoms with van der Waals surface area (Å²) in [6.07, 6.45) is 0.704. The average Bonchev–Trinajstić information content (AvgIpc) is 2.74. The quantitative estimate of drug-likeness (QED) is 0.479. The molecule has 0 amide bonds. The first-order valence-corrected chi connectivity index (χ1v) is 9.69. The van der Waals surface area contributed by atoms with E-state index in [9.17, 15) is 18.6 Å². The van der Waals surface area contributed by atoms with Crippen molar-refractivity contribution < 1.29 is 18.6 Å². The molecule has 5 N–H and O–H groups in total. The molecule has 0 aliphatic carbocycles. The van der Waals surface area contributed by atoms with E-state index in [1.54, 1.807) is 18.2 Å². The lowest BCUT2D eigenvalue weighted by Gasteiger charge is -2.20. The van der Waals surface area contributed by atoms with Crippen LogP contribution in [0.1, 0.15) is 22.6 Å². The molecular weight excluding hydrogens is 476 g/mol. The molecule has 3 rings (SSSR count). The van der Waals surface area contributed by atoms with Crippen molar-refractivity contribution in [1.82, 2.24) is 5.32 Å². The van der Waals surface area contributed by atoms with Gasteiger partial charge in [-0.2, -0.15) is 0 Å². The Bertz CT molecular complexity index is 886. The largest absolute Gasteiger partial charge is 0.504 e. The number of rotatable bonds is 2. The van der Waals surface area contributed by atoms with Crippen LogP contribution in [0, 0.1) is 0 Å². The lowest BCUT2D eigenvalue weighted by Crippen LogP contribution is -2.21. The smallest absolute Gasteiger partial charge is 0.238 e. The van der Waals surface area contributed by atoms with Gasteiger partial charge in [0, 0.05) is 12.5 Å². The molecule has 0 saturated carbocycles. The predicted octanol–water partition coefficient (Wildman–Crippen LogP) is 2.36. The van der Waals surface area contributed by atoms with Gasteiger partial charge in [0.15, 0.2) is 11.5 Å². The Labute approximate surface area is 165 Å². The van der Waals surface area contributed by atoms with Crippen LogP contribution in [0.4, 0.5) is 0 Å². The minimum atomic E-state index is -3.73. The molecule has 1 atom stereocenters. The highest BCUT2D eigenvalue weighted by atomic mass is 79.9. The zero-order chi connectivity index (χ0) is 17.5. The fourth-order valence-corrected chi connectivity index (χ4v) is 4.15. The monoisotopic (exact) mass is 492 g/mol. The Hall–Kier alpha value is -1.13. The number of nitrogens with one attached hydrogen (secondary N) is 1. The molecule has 0 bridgehead atoms. The number of nitrogens with two attached hydrogens (primary N) is 1. The molecule has 0 radical (unpaired) electrons. The van der Waals surface area contributed by atoms with Crippen molar-refractivity contribution >= 4 is 42.9 Å². The highest BCUT2D eigenvalue weighted by molar-refractivity contribution is 9.10. The van der Waals surface area contributed by atoms with Gasteiger partial charge in [0.1, 0.15) is 0 Å². The molecule has 1 unspecified atom stereocenters. The number of fused-ring (bicyclic) bond motifs is 1. The Morgan fingerprint density at radius 3 is 2.44 bits per heavy atom. The predicted molar refractivity (Wildman–Crippen MR) is 104 cm³/mol. The van der Waals surface area contributed by atoms with E-state index in [2.05, 4.69) is 21.2 Å². The number of phenols is 2. The van der Waals surface area contributed by atoms with Crippen molar-refractivity contribution in [3.8, 4) is 11.5 Å². The Morgan fingerprint density at radius 1 is 1.20 bits per heavy atom. The van der Waals surface area contributed by atoms with Gasteiger partial charge in [-0.05, 0) is 63.8 Å². The summed E-state index contributed by atoms with van der Waals surface area (Å²) >= 11 is 3.36. The molecule has 1 aliphatic rings. The van der Waals surface area contributed by atoms with Crippen molar-refractivity contribution in [1.29, 1.82) is 0 Å². The summed E-state index contributed by atoms with van der Waals surface area (Å²) in [6, 6.07) is 7.97. The van der Waals surface area contributed by atoms with E-state index in [0.29, 0.717) is 17.4 Å². The molecule has 0 spiro atoms. The van der Waals surface area contributed by atoms with E-state index < -0.39 is 10.0 Å². The molecule has 1 heterocycles. The van der Waals surface area contributed by atoms with Crippen LogP contribution in [0.15, 0.2) is 39.7 Å². The lowest BCUT2D eigenvalue weighted by atomic mass is 9.88. The van der Waals surface area contributed by atoms with Gasteiger partial charge in [-0.1, -0.05) is 12.1 Å². The second-order valence-electron chi connectivity index (χ2n) is 5.75. The molecule has 136 valence electrons. The van der Waals surface area contributed by atoms with E-state index >= 15 is 0 Å². The molecule has 0 fully saturated rings. The summed E-state index contributed by atoms with van der Waals surface area (Å²) in [6.45, 7) is 1.37. The fraction of sp³-hybridized carbons (Fsp3) is 0.250. The first-order valence-electron chi connectivity index (χ1n) is 7.35. The summed E-state index contributed by atoms with van der Waals surface area (Å²) in [5.74, 6) is -0.438. The first-order chi connectivity index (χ1) is 11.3. The Morgan fingerprint density at radius 2 is 1.84 bits per heavy atom. The van der Waals surface area contributed by atoms with Crippen LogP contribution in [0.25, 0.3) is 0 Å². The summed E-state index contributed by atoms with van der Waals surface area (Å²) in [5.41, 5.74) is 2.72. The second-order valence-corrected chi connectivity index (χ2v) is 8.10. The third kappa shape index (κ3) is 4.01. The lowest BCUT2D eigenvalue weighted by molar-refractivity contribution is 0.400. The van der Waals surface area contributed by atoms with Crippen LogP contribution in [0.3, 0.4) is 0 Å². The molecule has 1 aliphatic heterocycles. The van der Waals surface area contributed by atoms with E-state index in [1.807, 2.05) is 0 Å². The van der Waals surface area contributed by atoms with Gasteiger partial charge < -0.3 is 15.5 Å². The number of hydrogen-bond donors (Lipinski definition) is 4. The molecule has 2 aromatic carbocycles. The third-order valence-corrected chi connectivity index (χ3v) is 6.03. The van der Waals surface area contributed by atoms with Crippen LogP contribution in [-0.4, -0.2) is 31.7 Å². The molecule has 9 heteroatoms. The SMILES string of the molecule is Br.NS(=O)(=O)c1ccc(C2CNCCc3c2cc(O)c(O)c3Br)cc1. The van der Waals surface area contributed by atoms with E-state index in [1.165, 1.54) is 12.1 Å². The number of halogens is 2. The highest BCUT2D eigenvalue weighted by Crippen LogP contribution is 2.42. The number of aromatic hydroxyl groups is 2. The Balaban J connectivity index is 0.00000225. The topological polar surface area (TPSA) is 113 Å². The maximum absolute atomic E-state index is 11.4. The second kappa shape index (κ2) is 7.63. The summed E-state index contributed by atoms with van der Waals surface area (Å²) < 4.78 is 23.3. The van der Waals surface area contributed by atoms with Crippen LogP contribution in [0.5, 0.6) is 11.5 Å².